The molecular formula is C25H25N5O3S. The van der Waals surface area contributed by atoms with E-state index in [2.05, 4.69) is 22.1 Å². The van der Waals surface area contributed by atoms with Gasteiger partial charge in [0.1, 0.15) is 0 Å². The maximum atomic E-state index is 13.6. The van der Waals surface area contributed by atoms with Gasteiger partial charge in [-0.15, -0.1) is 11.8 Å². The summed E-state index contributed by atoms with van der Waals surface area (Å²) in [7, 11) is 0. The van der Waals surface area contributed by atoms with Gasteiger partial charge in [0, 0.05) is 49.0 Å². The normalized spacial score (nSPS) is 14.1. The Morgan fingerprint density at radius 1 is 0.941 bits per heavy atom. The van der Waals surface area contributed by atoms with Crippen LogP contribution in [0.2, 0.25) is 0 Å². The van der Waals surface area contributed by atoms with Crippen LogP contribution in [0.3, 0.4) is 0 Å². The number of hydrogen-bond donors (Lipinski definition) is 2. The minimum absolute atomic E-state index is 0.0179. The van der Waals surface area contributed by atoms with Crippen molar-refractivity contribution in [3.63, 3.8) is 0 Å². The summed E-state index contributed by atoms with van der Waals surface area (Å²) in [4.78, 5) is 38.4. The van der Waals surface area contributed by atoms with E-state index in [1.165, 1.54) is 17.3 Å². The summed E-state index contributed by atoms with van der Waals surface area (Å²) >= 11 is 1.68. The molecule has 0 unspecified atom stereocenters. The lowest BCUT2D eigenvalue weighted by Crippen LogP contribution is -2.49. The van der Waals surface area contributed by atoms with E-state index in [-0.39, 0.29) is 11.5 Å². The molecule has 3 aromatic rings. The number of aromatic nitrogens is 2. The third-order valence-corrected chi connectivity index (χ3v) is 6.34. The standard InChI is InChI=1S/C25H25N5O3S/c1-34-21-9-7-18(8-10-21)15-22(19-5-3-2-4-6-19)24(32)29-11-13-30(14-12-29)25-26-16-20(17-27-25)23(31)28-33/h2-10,15-17,33H,11-14H2,1H3,(H,28,31)/b22-15+. The van der Waals surface area contributed by atoms with Crippen molar-refractivity contribution in [1.29, 1.82) is 0 Å². The SMILES string of the molecule is CSc1ccc(/C=C(/C(=O)N2CCN(c3ncc(C(=O)NO)cn3)CC2)c2ccccc2)cc1. The second-order valence-electron chi connectivity index (χ2n) is 7.69. The number of hydroxylamine groups is 1. The number of carbonyl (C=O) groups is 2. The van der Waals surface area contributed by atoms with Gasteiger partial charge in [0.05, 0.1) is 5.56 Å². The number of benzene rings is 2. The van der Waals surface area contributed by atoms with Gasteiger partial charge in [-0.2, -0.15) is 0 Å². The third-order valence-electron chi connectivity index (χ3n) is 5.59. The van der Waals surface area contributed by atoms with E-state index in [1.807, 2.05) is 64.6 Å². The van der Waals surface area contributed by atoms with E-state index in [0.717, 1.165) is 11.1 Å². The lowest BCUT2D eigenvalue weighted by atomic mass is 10.0. The number of amides is 2. The molecule has 2 aromatic carbocycles. The molecule has 9 heteroatoms. The smallest absolute Gasteiger partial charge is 0.277 e. The van der Waals surface area contributed by atoms with Crippen LogP contribution in [0, 0.1) is 0 Å². The monoisotopic (exact) mass is 475 g/mol. The van der Waals surface area contributed by atoms with E-state index >= 15 is 0 Å². The number of piperazine rings is 1. The molecule has 1 fully saturated rings. The van der Waals surface area contributed by atoms with Gasteiger partial charge >= 0.3 is 0 Å². The van der Waals surface area contributed by atoms with E-state index in [9.17, 15) is 9.59 Å². The summed E-state index contributed by atoms with van der Waals surface area (Å²) in [5, 5.41) is 8.72. The average Bonchev–Trinajstić information content (AvgIpc) is 2.92. The minimum atomic E-state index is -0.662. The van der Waals surface area contributed by atoms with Crippen LogP contribution in [0.4, 0.5) is 5.95 Å². The topological polar surface area (TPSA) is 98.7 Å². The zero-order chi connectivity index (χ0) is 23.9. The van der Waals surface area contributed by atoms with Crippen LogP contribution in [-0.4, -0.2) is 64.3 Å². The van der Waals surface area contributed by atoms with Gasteiger partial charge in [-0.1, -0.05) is 42.5 Å². The first-order valence-corrected chi connectivity index (χ1v) is 12.0. The van der Waals surface area contributed by atoms with E-state index in [1.54, 1.807) is 17.2 Å². The van der Waals surface area contributed by atoms with Gasteiger partial charge in [0.25, 0.3) is 11.8 Å². The lowest BCUT2D eigenvalue weighted by Gasteiger charge is -2.35. The first-order valence-electron chi connectivity index (χ1n) is 10.8. The Morgan fingerprint density at radius 3 is 2.18 bits per heavy atom. The Kier molecular flexibility index (Phi) is 7.56. The van der Waals surface area contributed by atoms with Crippen LogP contribution in [-0.2, 0) is 4.79 Å². The number of hydrogen-bond acceptors (Lipinski definition) is 7. The van der Waals surface area contributed by atoms with Crippen molar-refractivity contribution in [1.82, 2.24) is 20.3 Å². The zero-order valence-electron chi connectivity index (χ0n) is 18.7. The second kappa shape index (κ2) is 11.0. The summed E-state index contributed by atoms with van der Waals surface area (Å²) in [6.45, 7) is 2.19. The van der Waals surface area contributed by atoms with Crippen molar-refractivity contribution >= 4 is 41.2 Å². The molecule has 0 atom stereocenters. The molecule has 34 heavy (non-hydrogen) atoms. The van der Waals surface area contributed by atoms with Crippen LogP contribution >= 0.6 is 11.8 Å². The molecule has 0 saturated carbocycles. The molecule has 2 N–H and O–H groups in total. The second-order valence-corrected chi connectivity index (χ2v) is 8.57. The number of nitrogens with one attached hydrogen (secondary N) is 1. The third kappa shape index (κ3) is 5.44. The summed E-state index contributed by atoms with van der Waals surface area (Å²) < 4.78 is 0. The predicted octanol–water partition coefficient (Wildman–Crippen LogP) is 3.21. The zero-order valence-corrected chi connectivity index (χ0v) is 19.5. The number of rotatable bonds is 6. The molecule has 8 nitrogen and oxygen atoms in total. The Morgan fingerprint density at radius 2 is 1.59 bits per heavy atom. The van der Waals surface area contributed by atoms with Crippen LogP contribution in [0.25, 0.3) is 11.6 Å². The highest BCUT2D eigenvalue weighted by Crippen LogP contribution is 2.24. The van der Waals surface area contributed by atoms with Crippen LogP contribution in [0.5, 0.6) is 0 Å². The molecule has 0 aliphatic carbocycles. The molecule has 0 radical (unpaired) electrons. The number of nitrogens with zero attached hydrogens (tertiary/aromatic N) is 4. The molecule has 2 amide bonds. The molecule has 0 bridgehead atoms. The van der Waals surface area contributed by atoms with Crippen molar-refractivity contribution < 1.29 is 14.8 Å². The Balaban J connectivity index is 1.49. The van der Waals surface area contributed by atoms with Crippen LogP contribution < -0.4 is 10.4 Å². The molecule has 4 rings (SSSR count). The fourth-order valence-electron chi connectivity index (χ4n) is 3.70. The summed E-state index contributed by atoms with van der Waals surface area (Å²) in [5.41, 5.74) is 4.24. The molecule has 1 aliphatic heterocycles. The molecular weight excluding hydrogens is 450 g/mol. The summed E-state index contributed by atoms with van der Waals surface area (Å²) in [5.74, 6) is -0.199. The van der Waals surface area contributed by atoms with Gasteiger partial charge in [-0.25, -0.2) is 15.4 Å². The highest BCUT2D eigenvalue weighted by atomic mass is 32.2. The van der Waals surface area contributed by atoms with Crippen molar-refractivity contribution in [2.24, 2.45) is 0 Å². The quantitative estimate of drug-likeness (QED) is 0.186. The van der Waals surface area contributed by atoms with E-state index < -0.39 is 5.91 Å². The lowest BCUT2D eigenvalue weighted by molar-refractivity contribution is -0.125. The number of thioether (sulfide) groups is 1. The van der Waals surface area contributed by atoms with Gasteiger partial charge in [-0.3, -0.25) is 14.8 Å². The molecule has 174 valence electrons. The van der Waals surface area contributed by atoms with Crippen molar-refractivity contribution in [2.75, 3.05) is 37.3 Å². The van der Waals surface area contributed by atoms with Crippen LogP contribution in [0.1, 0.15) is 21.5 Å². The summed E-state index contributed by atoms with van der Waals surface area (Å²) in [6.07, 6.45) is 6.71. The van der Waals surface area contributed by atoms with Crippen molar-refractivity contribution in [3.8, 4) is 0 Å². The van der Waals surface area contributed by atoms with Crippen molar-refractivity contribution in [3.05, 3.63) is 83.7 Å². The predicted molar refractivity (Wildman–Crippen MR) is 133 cm³/mol. The fraction of sp³-hybridized carbons (Fsp3) is 0.200. The largest absolute Gasteiger partial charge is 0.337 e. The Labute approximate surface area is 202 Å². The molecule has 1 aliphatic rings. The molecule has 2 heterocycles. The van der Waals surface area contributed by atoms with Crippen molar-refractivity contribution in [2.45, 2.75) is 4.90 Å². The maximum Gasteiger partial charge on any atom is 0.277 e. The Bertz CT molecular complexity index is 1160. The van der Waals surface area contributed by atoms with Crippen LogP contribution in [0.15, 0.2) is 71.9 Å². The summed E-state index contributed by atoms with van der Waals surface area (Å²) in [6, 6.07) is 17.9. The fourth-order valence-corrected chi connectivity index (χ4v) is 4.11. The maximum absolute atomic E-state index is 13.6. The van der Waals surface area contributed by atoms with E-state index in [4.69, 9.17) is 5.21 Å². The van der Waals surface area contributed by atoms with Gasteiger partial charge in [0.15, 0.2) is 0 Å². The minimum Gasteiger partial charge on any atom is -0.337 e. The molecule has 1 saturated heterocycles. The first kappa shape index (κ1) is 23.5. The number of anilines is 1. The average molecular weight is 476 g/mol. The van der Waals surface area contributed by atoms with Gasteiger partial charge in [-0.05, 0) is 35.6 Å². The number of carbonyl (C=O) groups excluding carboxylic acids is 2. The molecule has 0 spiro atoms. The Hall–Kier alpha value is -3.69. The first-order chi connectivity index (χ1) is 16.6. The van der Waals surface area contributed by atoms with Gasteiger partial charge < -0.3 is 9.80 Å². The highest BCUT2D eigenvalue weighted by molar-refractivity contribution is 7.98. The highest BCUT2D eigenvalue weighted by Gasteiger charge is 2.25. The van der Waals surface area contributed by atoms with Gasteiger partial charge in [0.2, 0.25) is 5.95 Å². The van der Waals surface area contributed by atoms with E-state index in [0.29, 0.717) is 37.7 Å². The molecule has 1 aromatic heterocycles.